The van der Waals surface area contributed by atoms with Crippen LogP contribution in [0.3, 0.4) is 0 Å². The lowest BCUT2D eigenvalue weighted by atomic mass is 9.83. The molecule has 2 aromatic carbocycles. The molecule has 0 bridgehead atoms. The average Bonchev–Trinajstić information content (AvgIpc) is 2.83. The third-order valence-corrected chi connectivity index (χ3v) is 6.84. The summed E-state index contributed by atoms with van der Waals surface area (Å²) in [5, 5.41) is 15.1. The minimum Gasteiger partial charge on any atom is -0.486 e. The number of halogens is 3. The first-order valence-electron chi connectivity index (χ1n) is 12.2. The molecule has 0 unspecified atom stereocenters. The monoisotopic (exact) mass is 517 g/mol. The van der Waals surface area contributed by atoms with Crippen molar-refractivity contribution in [2.24, 2.45) is 0 Å². The molecule has 0 saturated carbocycles. The van der Waals surface area contributed by atoms with Crippen LogP contribution in [-0.2, 0) is 17.5 Å². The summed E-state index contributed by atoms with van der Waals surface area (Å²) in [7, 11) is 0. The molecule has 2 heterocycles. The number of aliphatic hydroxyl groups is 1. The summed E-state index contributed by atoms with van der Waals surface area (Å²) in [6.45, 7) is 5.95. The first-order chi connectivity index (χ1) is 17.4. The number of carbonyl (C=O) groups is 2. The molecule has 1 atom stereocenters. The van der Waals surface area contributed by atoms with Gasteiger partial charge in [0.25, 0.3) is 0 Å². The van der Waals surface area contributed by atoms with Gasteiger partial charge < -0.3 is 25.4 Å². The van der Waals surface area contributed by atoms with Gasteiger partial charge in [0.15, 0.2) is 0 Å². The number of rotatable bonds is 6. The van der Waals surface area contributed by atoms with Crippen molar-refractivity contribution in [3.8, 4) is 5.75 Å². The zero-order valence-electron chi connectivity index (χ0n) is 20.9. The Bertz CT molecular complexity index is 1240. The fourth-order valence-corrected chi connectivity index (χ4v) is 4.72. The van der Waals surface area contributed by atoms with Crippen molar-refractivity contribution in [1.29, 1.82) is 0 Å². The number of carbonyl (C=O) groups excluding carboxylic acids is 2. The smallest absolute Gasteiger partial charge is 0.416 e. The molecule has 2 aromatic rings. The predicted octanol–water partition coefficient (Wildman–Crippen LogP) is 5.80. The van der Waals surface area contributed by atoms with Gasteiger partial charge in [-0.05, 0) is 55.2 Å². The van der Waals surface area contributed by atoms with E-state index in [4.69, 9.17) is 4.74 Å². The number of aliphatic hydroxyl groups excluding tert-OH is 1. The summed E-state index contributed by atoms with van der Waals surface area (Å²) in [4.78, 5) is 26.8. The largest absolute Gasteiger partial charge is 0.486 e. The topological polar surface area (TPSA) is 90.9 Å². The molecule has 7 nitrogen and oxygen atoms in total. The summed E-state index contributed by atoms with van der Waals surface area (Å²) in [6, 6.07) is 8.14. The molecule has 3 N–H and O–H groups in total. The Kier molecular flexibility index (Phi) is 7.23. The number of benzene rings is 2. The number of ether oxygens (including phenoxy) is 1. The number of hydrogen-bond acceptors (Lipinski definition) is 4. The van der Waals surface area contributed by atoms with E-state index in [1.54, 1.807) is 25.1 Å². The zero-order valence-corrected chi connectivity index (χ0v) is 20.9. The van der Waals surface area contributed by atoms with Crippen molar-refractivity contribution in [3.05, 3.63) is 59.2 Å². The standard InChI is InChI=1S/C27H30F3N3O4/c1-4-26(5-2)13-18(21-9-7-19(27(28,29)30)11-23(21)37-26)10-24(35)31-20-8-6-17-15-33(14-16(3)34)25(36)32-22(17)12-20/h6-12,16,34H,4-5,13-15H2,1-3H3,(H,31,35)(H,32,36)/t16-/m1/s1. The quantitative estimate of drug-likeness (QED) is 0.423. The van der Waals surface area contributed by atoms with Crippen LogP contribution in [0, 0.1) is 0 Å². The van der Waals surface area contributed by atoms with E-state index in [0.29, 0.717) is 48.3 Å². The van der Waals surface area contributed by atoms with Crippen LogP contribution >= 0.6 is 0 Å². The molecule has 3 amide bonds. The molecule has 10 heteroatoms. The van der Waals surface area contributed by atoms with Crippen LogP contribution in [0.15, 0.2) is 42.5 Å². The lowest BCUT2D eigenvalue weighted by molar-refractivity contribution is -0.137. The number of nitrogens with one attached hydrogen (secondary N) is 2. The Morgan fingerprint density at radius 2 is 1.97 bits per heavy atom. The summed E-state index contributed by atoms with van der Waals surface area (Å²) in [5.74, 6) is -0.330. The minimum absolute atomic E-state index is 0.113. The molecule has 4 rings (SSSR count). The van der Waals surface area contributed by atoms with Crippen molar-refractivity contribution >= 4 is 28.9 Å². The Morgan fingerprint density at radius 3 is 2.62 bits per heavy atom. The Labute approximate surface area is 213 Å². The number of alkyl halides is 3. The van der Waals surface area contributed by atoms with Gasteiger partial charge in [0.2, 0.25) is 5.91 Å². The third-order valence-electron chi connectivity index (χ3n) is 6.84. The molecule has 0 saturated heterocycles. The van der Waals surface area contributed by atoms with Gasteiger partial charge in [-0.2, -0.15) is 13.2 Å². The molecule has 198 valence electrons. The SMILES string of the molecule is CCC1(CC)CC(=CC(=O)Nc2ccc3c(c2)NC(=O)N(C[C@@H](C)O)C3)c2ccc(C(F)(F)F)cc2O1. The van der Waals surface area contributed by atoms with Gasteiger partial charge in [-0.1, -0.05) is 26.0 Å². The molecule has 37 heavy (non-hydrogen) atoms. The van der Waals surface area contributed by atoms with Gasteiger partial charge in [-0.25, -0.2) is 4.79 Å². The lowest BCUT2D eigenvalue weighted by Gasteiger charge is -2.39. The Balaban J connectivity index is 1.58. The molecular weight excluding hydrogens is 487 g/mol. The van der Waals surface area contributed by atoms with Gasteiger partial charge >= 0.3 is 12.2 Å². The molecule has 2 aliphatic heterocycles. The van der Waals surface area contributed by atoms with Crippen LogP contribution in [0.1, 0.15) is 56.7 Å². The number of urea groups is 1. The van der Waals surface area contributed by atoms with E-state index in [1.165, 1.54) is 17.0 Å². The van der Waals surface area contributed by atoms with Crippen LogP contribution in [-0.4, -0.2) is 40.2 Å². The lowest BCUT2D eigenvalue weighted by Crippen LogP contribution is -2.42. The second kappa shape index (κ2) is 10.1. The van der Waals surface area contributed by atoms with Crippen LogP contribution in [0.5, 0.6) is 5.75 Å². The molecule has 2 aliphatic rings. The summed E-state index contributed by atoms with van der Waals surface area (Å²) < 4.78 is 46.0. The number of hydrogen-bond donors (Lipinski definition) is 3. The normalized spacial score (nSPS) is 18.4. The zero-order chi connectivity index (χ0) is 27.0. The van der Waals surface area contributed by atoms with Crippen LogP contribution < -0.4 is 15.4 Å². The highest BCUT2D eigenvalue weighted by Crippen LogP contribution is 2.45. The van der Waals surface area contributed by atoms with E-state index in [-0.39, 0.29) is 18.3 Å². The maximum absolute atomic E-state index is 13.3. The first kappa shape index (κ1) is 26.5. The average molecular weight is 518 g/mol. The number of amides is 3. The number of nitrogens with zero attached hydrogens (tertiary/aromatic N) is 1. The highest BCUT2D eigenvalue weighted by Gasteiger charge is 2.38. The maximum atomic E-state index is 13.3. The van der Waals surface area contributed by atoms with E-state index in [9.17, 15) is 27.9 Å². The van der Waals surface area contributed by atoms with Crippen molar-refractivity contribution in [2.45, 2.75) is 64.5 Å². The molecule has 0 aromatic heterocycles. The van der Waals surface area contributed by atoms with Gasteiger partial charge in [0.1, 0.15) is 11.4 Å². The molecule has 0 spiro atoms. The van der Waals surface area contributed by atoms with Crippen molar-refractivity contribution < 1.29 is 32.6 Å². The van der Waals surface area contributed by atoms with Gasteiger partial charge in [0.05, 0.1) is 11.7 Å². The second-order valence-electron chi connectivity index (χ2n) is 9.57. The number of β-amino-alcohol motifs (C(OH)–C–C–N with tert-alkyl or cyclic N) is 1. The van der Waals surface area contributed by atoms with Crippen LogP contribution in [0.4, 0.5) is 29.3 Å². The molecule has 0 radical (unpaired) electrons. The minimum atomic E-state index is -4.51. The van der Waals surface area contributed by atoms with Gasteiger partial charge in [0, 0.05) is 42.5 Å². The van der Waals surface area contributed by atoms with E-state index < -0.39 is 29.4 Å². The third kappa shape index (κ3) is 5.74. The van der Waals surface area contributed by atoms with Gasteiger partial charge in [-0.3, -0.25) is 4.79 Å². The van der Waals surface area contributed by atoms with E-state index >= 15 is 0 Å². The highest BCUT2D eigenvalue weighted by atomic mass is 19.4. The summed E-state index contributed by atoms with van der Waals surface area (Å²) in [6.07, 6.45) is -2.26. The summed E-state index contributed by atoms with van der Waals surface area (Å²) >= 11 is 0. The van der Waals surface area contributed by atoms with Crippen LogP contribution in [0.2, 0.25) is 0 Å². The highest BCUT2D eigenvalue weighted by molar-refractivity contribution is 6.05. The molecular formula is C27H30F3N3O4. The maximum Gasteiger partial charge on any atom is 0.416 e. The Morgan fingerprint density at radius 1 is 1.24 bits per heavy atom. The van der Waals surface area contributed by atoms with Gasteiger partial charge in [-0.15, -0.1) is 0 Å². The van der Waals surface area contributed by atoms with E-state index in [1.807, 2.05) is 13.8 Å². The molecule has 0 aliphatic carbocycles. The Hall–Kier alpha value is -3.53. The number of anilines is 2. The van der Waals surface area contributed by atoms with Crippen molar-refractivity contribution in [2.75, 3.05) is 17.2 Å². The fraction of sp³-hybridized carbons (Fsp3) is 0.407. The second-order valence-corrected chi connectivity index (χ2v) is 9.57. The van der Waals surface area contributed by atoms with Crippen molar-refractivity contribution in [3.63, 3.8) is 0 Å². The fourth-order valence-electron chi connectivity index (χ4n) is 4.72. The van der Waals surface area contributed by atoms with Crippen LogP contribution in [0.25, 0.3) is 5.57 Å². The predicted molar refractivity (Wildman–Crippen MR) is 134 cm³/mol. The van der Waals surface area contributed by atoms with E-state index in [0.717, 1.165) is 17.7 Å². The van der Waals surface area contributed by atoms with Crippen molar-refractivity contribution in [1.82, 2.24) is 4.90 Å². The molecule has 0 fully saturated rings. The first-order valence-corrected chi connectivity index (χ1v) is 12.2. The summed E-state index contributed by atoms with van der Waals surface area (Å²) in [5.41, 5.74) is 1.39. The number of fused-ring (bicyclic) bond motifs is 2. The van der Waals surface area contributed by atoms with E-state index in [2.05, 4.69) is 10.6 Å².